The van der Waals surface area contributed by atoms with E-state index >= 15 is 0 Å². The Morgan fingerprint density at radius 1 is 1.17 bits per heavy atom. The number of carbonyl (C=O) groups is 1. The Balaban J connectivity index is 2.03. The second-order valence-corrected chi connectivity index (χ2v) is 5.32. The predicted octanol–water partition coefficient (Wildman–Crippen LogP) is 2.94. The largest absolute Gasteiger partial charge is 0.494 e. The van der Waals surface area contributed by atoms with Crippen LogP contribution < -0.4 is 10.1 Å². The van der Waals surface area contributed by atoms with Crippen molar-refractivity contribution in [1.82, 2.24) is 0 Å². The van der Waals surface area contributed by atoms with Crippen LogP contribution in [0.5, 0.6) is 5.75 Å². The zero-order chi connectivity index (χ0) is 16.6. The molecule has 3 rings (SSSR count). The molecule has 2 N–H and O–H groups in total. The molecule has 0 aliphatic carbocycles. The van der Waals surface area contributed by atoms with Gasteiger partial charge in [-0.15, -0.1) is 0 Å². The maximum atomic E-state index is 13.8. The molecule has 0 saturated carbocycles. The van der Waals surface area contributed by atoms with Gasteiger partial charge < -0.3 is 15.2 Å². The van der Waals surface area contributed by atoms with Crippen molar-refractivity contribution in [2.24, 2.45) is 0 Å². The van der Waals surface area contributed by atoms with Gasteiger partial charge in [0.25, 0.3) is 5.91 Å². The molecule has 23 heavy (non-hydrogen) atoms. The van der Waals surface area contributed by atoms with Crippen molar-refractivity contribution < 1.29 is 23.4 Å². The Kier molecular flexibility index (Phi) is 3.77. The highest BCUT2D eigenvalue weighted by Gasteiger charge is 2.48. The normalized spacial score (nSPS) is 19.4. The number of aliphatic hydroxyl groups is 1. The Bertz CT molecular complexity index is 761. The van der Waals surface area contributed by atoms with Gasteiger partial charge in [-0.25, -0.2) is 8.78 Å². The number of anilines is 1. The molecular weight excluding hydrogens is 304 g/mol. The fraction of sp³-hybridized carbons (Fsp3) is 0.235. The van der Waals surface area contributed by atoms with Crippen LogP contribution in [0.15, 0.2) is 36.4 Å². The molecule has 2 aromatic rings. The first-order valence-electron chi connectivity index (χ1n) is 7.24. The number of nitrogens with one attached hydrogen (secondary N) is 1. The standard InChI is InChI=1S/C17H15F2NO3/c1-2-9-23-11-5-3-10(4-6-11)17(22)12-7-8-13(18)14(19)15(12)20-16(17)21/h3-8,22H,2,9H2,1H3,(H,20,21). The van der Waals surface area contributed by atoms with Gasteiger partial charge in [0.05, 0.1) is 12.3 Å². The van der Waals surface area contributed by atoms with E-state index < -0.39 is 23.1 Å². The van der Waals surface area contributed by atoms with E-state index in [1.807, 2.05) is 6.92 Å². The highest BCUT2D eigenvalue weighted by atomic mass is 19.2. The van der Waals surface area contributed by atoms with E-state index in [4.69, 9.17) is 4.74 Å². The lowest BCUT2D eigenvalue weighted by atomic mass is 9.87. The van der Waals surface area contributed by atoms with Crippen LogP contribution in [0.4, 0.5) is 14.5 Å². The van der Waals surface area contributed by atoms with Gasteiger partial charge in [-0.3, -0.25) is 4.79 Å². The van der Waals surface area contributed by atoms with Crippen molar-refractivity contribution in [3.63, 3.8) is 0 Å². The lowest BCUT2D eigenvalue weighted by Gasteiger charge is -2.21. The quantitative estimate of drug-likeness (QED) is 0.911. The van der Waals surface area contributed by atoms with E-state index in [0.717, 1.165) is 12.5 Å². The van der Waals surface area contributed by atoms with Gasteiger partial charge in [0.15, 0.2) is 17.2 Å². The van der Waals surface area contributed by atoms with Gasteiger partial charge in [0.1, 0.15) is 5.75 Å². The van der Waals surface area contributed by atoms with Crippen LogP contribution in [0.1, 0.15) is 24.5 Å². The van der Waals surface area contributed by atoms with E-state index in [1.54, 1.807) is 12.1 Å². The number of ether oxygens (including phenoxy) is 1. The third-order valence-corrected chi connectivity index (χ3v) is 3.80. The molecule has 1 heterocycles. The summed E-state index contributed by atoms with van der Waals surface area (Å²) in [5, 5.41) is 13.0. The lowest BCUT2D eigenvalue weighted by Crippen LogP contribution is -2.35. The minimum absolute atomic E-state index is 0.0105. The van der Waals surface area contributed by atoms with Crippen LogP contribution >= 0.6 is 0 Å². The average molecular weight is 319 g/mol. The average Bonchev–Trinajstić information content (AvgIpc) is 2.82. The van der Waals surface area contributed by atoms with Crippen molar-refractivity contribution in [3.8, 4) is 5.75 Å². The molecule has 4 nitrogen and oxygen atoms in total. The topological polar surface area (TPSA) is 58.6 Å². The number of amides is 1. The van der Waals surface area contributed by atoms with E-state index in [-0.39, 0.29) is 16.8 Å². The summed E-state index contributed by atoms with van der Waals surface area (Å²) in [7, 11) is 0. The molecule has 1 aliphatic heterocycles. The molecule has 0 fully saturated rings. The van der Waals surface area contributed by atoms with Crippen LogP contribution in [0.3, 0.4) is 0 Å². The maximum Gasteiger partial charge on any atom is 0.265 e. The molecular formula is C17H15F2NO3. The van der Waals surface area contributed by atoms with Crippen LogP contribution in [-0.4, -0.2) is 17.6 Å². The third kappa shape index (κ3) is 2.35. The first-order valence-corrected chi connectivity index (χ1v) is 7.24. The number of halogens is 2. The second kappa shape index (κ2) is 5.62. The zero-order valence-corrected chi connectivity index (χ0v) is 12.4. The number of carbonyl (C=O) groups excluding carboxylic acids is 1. The summed E-state index contributed by atoms with van der Waals surface area (Å²) >= 11 is 0. The monoisotopic (exact) mass is 319 g/mol. The van der Waals surface area contributed by atoms with Gasteiger partial charge >= 0.3 is 0 Å². The molecule has 0 spiro atoms. The van der Waals surface area contributed by atoms with Crippen molar-refractivity contribution in [2.45, 2.75) is 18.9 Å². The fourth-order valence-corrected chi connectivity index (χ4v) is 2.60. The molecule has 1 atom stereocenters. The van der Waals surface area contributed by atoms with Crippen molar-refractivity contribution in [1.29, 1.82) is 0 Å². The predicted molar refractivity (Wildman–Crippen MR) is 80.2 cm³/mol. The first kappa shape index (κ1) is 15.4. The first-order chi connectivity index (χ1) is 11.0. The van der Waals surface area contributed by atoms with E-state index in [9.17, 15) is 18.7 Å². The molecule has 1 amide bonds. The molecule has 0 saturated heterocycles. The van der Waals surface area contributed by atoms with Crippen LogP contribution in [0, 0.1) is 11.6 Å². The summed E-state index contributed by atoms with van der Waals surface area (Å²) in [5.74, 6) is -2.49. The smallest absolute Gasteiger partial charge is 0.265 e. The molecule has 1 aliphatic rings. The van der Waals surface area contributed by atoms with Gasteiger partial charge in [0.2, 0.25) is 0 Å². The summed E-state index contributed by atoms with van der Waals surface area (Å²) < 4.78 is 32.6. The molecule has 0 radical (unpaired) electrons. The molecule has 0 aromatic heterocycles. The van der Waals surface area contributed by atoms with Gasteiger partial charge in [-0.05, 0) is 30.2 Å². The Morgan fingerprint density at radius 2 is 1.87 bits per heavy atom. The number of hydrogen-bond donors (Lipinski definition) is 2. The molecule has 1 unspecified atom stereocenters. The van der Waals surface area contributed by atoms with Gasteiger partial charge in [-0.1, -0.05) is 25.1 Å². The van der Waals surface area contributed by atoms with Gasteiger partial charge in [-0.2, -0.15) is 0 Å². The summed E-state index contributed by atoms with van der Waals surface area (Å²) in [5.41, 5.74) is -2.15. The Labute approximate surface area is 131 Å². The van der Waals surface area contributed by atoms with E-state index in [0.29, 0.717) is 12.4 Å². The minimum atomic E-state index is -2.06. The van der Waals surface area contributed by atoms with Crippen LogP contribution in [0.25, 0.3) is 0 Å². The number of fused-ring (bicyclic) bond motifs is 1. The zero-order valence-electron chi connectivity index (χ0n) is 12.4. The second-order valence-electron chi connectivity index (χ2n) is 5.32. The van der Waals surface area contributed by atoms with E-state index in [1.165, 1.54) is 18.2 Å². The highest BCUT2D eigenvalue weighted by Crippen LogP contribution is 2.42. The third-order valence-electron chi connectivity index (χ3n) is 3.80. The Hall–Kier alpha value is -2.47. The maximum absolute atomic E-state index is 13.8. The Morgan fingerprint density at radius 3 is 2.52 bits per heavy atom. The van der Waals surface area contributed by atoms with Crippen molar-refractivity contribution in [2.75, 3.05) is 11.9 Å². The van der Waals surface area contributed by atoms with Crippen LogP contribution in [0.2, 0.25) is 0 Å². The van der Waals surface area contributed by atoms with Crippen molar-refractivity contribution in [3.05, 3.63) is 59.2 Å². The summed E-state index contributed by atoms with van der Waals surface area (Å²) in [6, 6.07) is 8.38. The fourth-order valence-electron chi connectivity index (χ4n) is 2.60. The highest BCUT2D eigenvalue weighted by molar-refractivity contribution is 6.07. The SMILES string of the molecule is CCCOc1ccc(C2(O)C(=O)Nc3c2ccc(F)c3F)cc1. The molecule has 120 valence electrons. The number of hydrogen-bond acceptors (Lipinski definition) is 3. The molecule has 6 heteroatoms. The van der Waals surface area contributed by atoms with E-state index in [2.05, 4.69) is 5.32 Å². The van der Waals surface area contributed by atoms with Crippen LogP contribution in [-0.2, 0) is 10.4 Å². The minimum Gasteiger partial charge on any atom is -0.494 e. The number of rotatable bonds is 4. The lowest BCUT2D eigenvalue weighted by molar-refractivity contribution is -0.129. The molecule has 0 bridgehead atoms. The number of benzene rings is 2. The summed E-state index contributed by atoms with van der Waals surface area (Å²) in [6.07, 6.45) is 0.853. The summed E-state index contributed by atoms with van der Waals surface area (Å²) in [4.78, 5) is 12.2. The molecule has 2 aromatic carbocycles. The van der Waals surface area contributed by atoms with Crippen molar-refractivity contribution >= 4 is 11.6 Å². The summed E-state index contributed by atoms with van der Waals surface area (Å²) in [6.45, 7) is 2.53. The van der Waals surface area contributed by atoms with Gasteiger partial charge in [0, 0.05) is 5.56 Å².